The first kappa shape index (κ1) is 23.6. The van der Waals surface area contributed by atoms with E-state index in [-0.39, 0.29) is 23.6 Å². The second kappa shape index (κ2) is 8.93. The second-order valence-corrected chi connectivity index (χ2v) is 10.8. The van der Waals surface area contributed by atoms with Crippen molar-refractivity contribution in [3.8, 4) is 26.9 Å². The summed E-state index contributed by atoms with van der Waals surface area (Å²) in [5.74, 6) is 0.368. The van der Waals surface area contributed by atoms with Crippen LogP contribution >= 0.6 is 22.7 Å². The van der Waals surface area contributed by atoms with Crippen LogP contribution in [-0.4, -0.2) is 50.8 Å². The number of nitrogens with two attached hydrogens (primary N) is 1. The monoisotopic (exact) mass is 534 g/mol. The summed E-state index contributed by atoms with van der Waals surface area (Å²) in [5, 5.41) is 8.66. The van der Waals surface area contributed by atoms with Crippen molar-refractivity contribution in [1.29, 1.82) is 0 Å². The number of amides is 1. The van der Waals surface area contributed by atoms with Gasteiger partial charge in [0.15, 0.2) is 5.82 Å². The molecule has 1 aromatic carbocycles. The maximum atomic E-state index is 16.0. The minimum atomic E-state index is -0.373. The highest BCUT2D eigenvalue weighted by Gasteiger charge is 2.32. The van der Waals surface area contributed by atoms with Gasteiger partial charge in [0.25, 0.3) is 0 Å². The van der Waals surface area contributed by atoms with E-state index in [1.54, 1.807) is 24.4 Å². The summed E-state index contributed by atoms with van der Waals surface area (Å²) in [6.07, 6.45) is 5.43. The van der Waals surface area contributed by atoms with Crippen LogP contribution in [0.4, 0.5) is 10.2 Å². The predicted molar refractivity (Wildman–Crippen MR) is 146 cm³/mol. The third-order valence-electron chi connectivity index (χ3n) is 6.69. The van der Waals surface area contributed by atoms with Crippen LogP contribution in [0.25, 0.3) is 42.1 Å². The molecule has 4 aromatic heterocycles. The van der Waals surface area contributed by atoms with E-state index in [1.165, 1.54) is 28.7 Å². The zero-order valence-corrected chi connectivity index (χ0v) is 21.8. The molecular weight excluding hydrogens is 511 g/mol. The van der Waals surface area contributed by atoms with Gasteiger partial charge >= 0.3 is 0 Å². The average Bonchev–Trinajstić information content (AvgIpc) is 3.70. The summed E-state index contributed by atoms with van der Waals surface area (Å²) < 4.78 is 24.1. The number of hydrogen-bond donors (Lipinski definition) is 1. The van der Waals surface area contributed by atoms with Gasteiger partial charge in [-0.15, -0.1) is 22.7 Å². The molecule has 5 aromatic rings. The molecule has 0 bridgehead atoms. The number of carbonyl (C=O) groups is 1. The minimum absolute atomic E-state index is 0.126. The Balaban J connectivity index is 1.63. The summed E-state index contributed by atoms with van der Waals surface area (Å²) >= 11 is 2.76. The first-order valence-electron chi connectivity index (χ1n) is 11.7. The zero-order chi connectivity index (χ0) is 25.8. The lowest BCUT2D eigenvalue weighted by Gasteiger charge is -2.16. The highest BCUT2D eigenvalue weighted by atomic mass is 32.1. The van der Waals surface area contributed by atoms with E-state index in [0.29, 0.717) is 51.3 Å². The summed E-state index contributed by atoms with van der Waals surface area (Å²) in [7, 11) is 1.58. The number of likely N-dealkylation sites (tertiary alicyclic amines) is 1. The average molecular weight is 535 g/mol. The van der Waals surface area contributed by atoms with Crippen LogP contribution in [0, 0.1) is 12.7 Å². The van der Waals surface area contributed by atoms with Crippen molar-refractivity contribution >= 4 is 55.4 Å². The van der Waals surface area contributed by atoms with Gasteiger partial charge in [0.2, 0.25) is 5.91 Å². The molecule has 0 radical (unpaired) electrons. The van der Waals surface area contributed by atoms with Crippen LogP contribution in [0.2, 0.25) is 0 Å². The smallest absolute Gasteiger partial charge is 0.246 e. The fraction of sp³-hybridized carbons (Fsp3) is 0.231. The van der Waals surface area contributed by atoms with E-state index >= 15 is 4.39 Å². The van der Waals surface area contributed by atoms with Crippen LogP contribution in [-0.2, 0) is 4.79 Å². The van der Waals surface area contributed by atoms with Crippen LogP contribution < -0.4 is 10.5 Å². The lowest BCUT2D eigenvalue weighted by molar-refractivity contribution is -0.125. The molecular formula is C26H23FN6O2S2. The lowest BCUT2D eigenvalue weighted by atomic mass is 10.1. The maximum Gasteiger partial charge on any atom is 0.246 e. The third-order valence-corrected chi connectivity index (χ3v) is 8.70. The molecule has 11 heteroatoms. The summed E-state index contributed by atoms with van der Waals surface area (Å²) in [6, 6.07) is 3.57. The van der Waals surface area contributed by atoms with Crippen molar-refractivity contribution in [1.82, 2.24) is 24.6 Å². The number of benzene rings is 1. The fourth-order valence-electron chi connectivity index (χ4n) is 4.98. The maximum absolute atomic E-state index is 16.0. The quantitative estimate of drug-likeness (QED) is 0.302. The largest absolute Gasteiger partial charge is 0.495 e. The van der Waals surface area contributed by atoms with Gasteiger partial charge in [-0.25, -0.2) is 14.4 Å². The Labute approximate surface area is 219 Å². The van der Waals surface area contributed by atoms with Gasteiger partial charge in [-0.2, -0.15) is 5.10 Å². The van der Waals surface area contributed by atoms with E-state index in [0.717, 1.165) is 21.7 Å². The molecule has 0 spiro atoms. The van der Waals surface area contributed by atoms with Crippen LogP contribution in [0.1, 0.15) is 18.0 Å². The molecule has 0 unspecified atom stereocenters. The Morgan fingerprint density at radius 2 is 2.19 bits per heavy atom. The van der Waals surface area contributed by atoms with Crippen molar-refractivity contribution in [2.24, 2.45) is 0 Å². The van der Waals surface area contributed by atoms with Crippen molar-refractivity contribution in [2.75, 3.05) is 25.9 Å². The number of thiazole rings is 1. The number of carbonyl (C=O) groups excluding carboxylic acids is 1. The lowest BCUT2D eigenvalue weighted by Crippen LogP contribution is -2.27. The molecule has 1 aliphatic rings. The predicted octanol–water partition coefficient (Wildman–Crippen LogP) is 5.43. The van der Waals surface area contributed by atoms with E-state index in [2.05, 4.69) is 16.5 Å². The number of methoxy groups -OCH3 is 1. The van der Waals surface area contributed by atoms with E-state index < -0.39 is 0 Å². The highest BCUT2D eigenvalue weighted by molar-refractivity contribution is 7.22. The molecule has 1 saturated heterocycles. The van der Waals surface area contributed by atoms with Gasteiger partial charge in [-0.3, -0.25) is 9.48 Å². The Morgan fingerprint density at radius 1 is 1.35 bits per heavy atom. The molecule has 1 fully saturated rings. The summed E-state index contributed by atoms with van der Waals surface area (Å²) in [4.78, 5) is 23.3. The van der Waals surface area contributed by atoms with Crippen LogP contribution in [0.15, 0.2) is 42.6 Å². The Bertz CT molecular complexity index is 1690. The van der Waals surface area contributed by atoms with E-state index in [9.17, 15) is 4.79 Å². The molecule has 37 heavy (non-hydrogen) atoms. The number of ether oxygens (including phenoxy) is 1. The molecule has 2 N–H and O–H groups in total. The van der Waals surface area contributed by atoms with Gasteiger partial charge in [-0.05, 0) is 37.1 Å². The van der Waals surface area contributed by atoms with Gasteiger partial charge < -0.3 is 15.4 Å². The molecule has 1 aliphatic heterocycles. The first-order valence-corrected chi connectivity index (χ1v) is 13.4. The van der Waals surface area contributed by atoms with Gasteiger partial charge in [-0.1, -0.05) is 6.58 Å². The van der Waals surface area contributed by atoms with Crippen molar-refractivity contribution in [3.05, 3.63) is 53.9 Å². The van der Waals surface area contributed by atoms with E-state index in [1.807, 2.05) is 29.1 Å². The number of anilines is 1. The molecule has 8 nitrogen and oxygen atoms in total. The van der Waals surface area contributed by atoms with Crippen LogP contribution in [0.5, 0.6) is 5.75 Å². The van der Waals surface area contributed by atoms with Crippen LogP contribution in [0.3, 0.4) is 0 Å². The van der Waals surface area contributed by atoms with Crippen molar-refractivity contribution < 1.29 is 13.9 Å². The van der Waals surface area contributed by atoms with Crippen molar-refractivity contribution in [2.45, 2.75) is 19.4 Å². The zero-order valence-electron chi connectivity index (χ0n) is 20.2. The van der Waals surface area contributed by atoms with Gasteiger partial charge in [0.05, 0.1) is 39.2 Å². The van der Waals surface area contributed by atoms with Crippen molar-refractivity contribution in [3.63, 3.8) is 0 Å². The number of nitrogen functional groups attached to an aromatic ring is 1. The molecule has 0 aliphatic carbocycles. The second-order valence-electron chi connectivity index (χ2n) is 8.93. The number of fused-ring (bicyclic) bond motifs is 2. The molecule has 5 heterocycles. The first-order chi connectivity index (χ1) is 17.9. The van der Waals surface area contributed by atoms with Gasteiger partial charge in [0, 0.05) is 36.2 Å². The Morgan fingerprint density at radius 3 is 2.92 bits per heavy atom. The molecule has 188 valence electrons. The normalized spacial score (nSPS) is 15.6. The Hall–Kier alpha value is -3.83. The minimum Gasteiger partial charge on any atom is -0.495 e. The SMILES string of the molecule is C=CC(=O)N1CC[C@H](n2nc(-c3sc4c(OC)cc(C)cc4c3F)c3c(N)ncc(-c4nccs4)c32)C1. The van der Waals surface area contributed by atoms with Gasteiger partial charge in [0.1, 0.15) is 22.3 Å². The highest BCUT2D eigenvalue weighted by Crippen LogP contribution is 2.46. The number of hydrogen-bond acceptors (Lipinski definition) is 8. The molecule has 0 saturated carbocycles. The number of rotatable bonds is 5. The molecule has 1 amide bonds. The Kier molecular flexibility index (Phi) is 5.68. The molecule has 6 rings (SSSR count). The molecule has 1 atom stereocenters. The number of pyridine rings is 1. The third kappa shape index (κ3) is 3.68. The number of nitrogens with zero attached hydrogens (tertiary/aromatic N) is 5. The number of thiophene rings is 1. The summed E-state index contributed by atoms with van der Waals surface area (Å²) in [5.41, 5.74) is 9.26. The summed E-state index contributed by atoms with van der Waals surface area (Å²) in [6.45, 7) is 6.55. The topological polar surface area (TPSA) is 99.2 Å². The fourth-order valence-corrected chi connectivity index (χ4v) is 6.78. The standard InChI is InChI=1S/C26H23FN6O2S2/c1-4-18(34)32-7-5-14(12-32)33-22-16(26-29-6-8-36-26)11-30-25(28)19(22)21(31-33)24-20(27)15-9-13(2)10-17(35-3)23(15)37-24/h4,6,8-11,14H,1,5,7,12H2,2-3H3,(H2,28,30)/t14-/m0/s1. The van der Waals surface area contributed by atoms with E-state index in [4.69, 9.17) is 15.6 Å². The number of aryl methyl sites for hydroxylation is 1. The number of aromatic nitrogens is 4. The number of halogens is 1.